The molecule has 1 amide bonds. The van der Waals surface area contributed by atoms with Crippen LogP contribution >= 0.6 is 0 Å². The predicted molar refractivity (Wildman–Crippen MR) is 104 cm³/mol. The molecule has 1 N–H and O–H groups in total. The zero-order valence-electron chi connectivity index (χ0n) is 17.7. The highest BCUT2D eigenvalue weighted by Crippen LogP contribution is 2.26. The average molecular weight is 459 g/mol. The average Bonchev–Trinajstić information content (AvgIpc) is 2.51. The molecular weight excluding hydrogens is 431 g/mol. The Morgan fingerprint density at radius 1 is 1.23 bits per heavy atom. The minimum Gasteiger partial charge on any atom is -0.741 e. The number of halogens is 3. The SMILES string of the molecule is CC(C)(C)OC(=O)NCCCOc1cccnc1[N+](C)(C)C.O=S(=O)([O-])C(F)(F)F. The fourth-order valence-electron chi connectivity index (χ4n) is 1.76. The van der Waals surface area contributed by atoms with Gasteiger partial charge in [-0.2, -0.15) is 13.2 Å². The molecule has 1 aromatic heterocycles. The maximum atomic E-state index is 11.5. The van der Waals surface area contributed by atoms with Gasteiger partial charge in [-0.05, 0) is 39.3 Å². The van der Waals surface area contributed by atoms with Crippen molar-refractivity contribution in [2.24, 2.45) is 0 Å². The van der Waals surface area contributed by atoms with Crippen molar-refractivity contribution in [3.8, 4) is 5.75 Å². The molecule has 1 heterocycles. The number of alkyl carbamates (subject to hydrolysis) is 1. The molecule has 0 fully saturated rings. The Kier molecular flexibility index (Phi) is 10.0. The first-order chi connectivity index (χ1) is 13.3. The number of carbonyl (C=O) groups excluding carboxylic acids is 1. The second kappa shape index (κ2) is 10.8. The van der Waals surface area contributed by atoms with Crippen LogP contribution in [0.1, 0.15) is 27.2 Å². The van der Waals surface area contributed by atoms with Crippen LogP contribution in [0.15, 0.2) is 18.3 Å². The Morgan fingerprint density at radius 3 is 2.20 bits per heavy atom. The lowest BCUT2D eigenvalue weighted by atomic mass is 10.2. The fourth-order valence-corrected chi connectivity index (χ4v) is 1.76. The van der Waals surface area contributed by atoms with Crippen molar-refractivity contribution >= 4 is 22.0 Å². The summed E-state index contributed by atoms with van der Waals surface area (Å²) in [4.78, 5) is 15.9. The summed E-state index contributed by atoms with van der Waals surface area (Å²) in [6.07, 6.45) is 2.06. The molecule has 0 aliphatic heterocycles. The number of nitrogens with zero attached hydrogens (tertiary/aromatic N) is 2. The number of rotatable bonds is 6. The fraction of sp³-hybridized carbons (Fsp3) is 0.647. The molecule has 0 atom stereocenters. The van der Waals surface area contributed by atoms with Crippen LogP contribution < -0.4 is 14.5 Å². The summed E-state index contributed by atoms with van der Waals surface area (Å²) in [6, 6.07) is 3.76. The van der Waals surface area contributed by atoms with Crippen LogP contribution in [0.3, 0.4) is 0 Å². The van der Waals surface area contributed by atoms with Crippen molar-refractivity contribution in [3.63, 3.8) is 0 Å². The molecule has 0 bridgehead atoms. The number of quaternary nitrogens is 1. The Balaban J connectivity index is 0.000000890. The lowest BCUT2D eigenvalue weighted by Crippen LogP contribution is -2.36. The van der Waals surface area contributed by atoms with Crippen LogP contribution in [-0.4, -0.2) is 69.5 Å². The molecule has 13 heteroatoms. The highest BCUT2D eigenvalue weighted by Gasteiger charge is 2.36. The quantitative estimate of drug-likeness (QED) is 0.301. The van der Waals surface area contributed by atoms with Gasteiger partial charge in [0.25, 0.3) is 5.82 Å². The Labute approximate surface area is 174 Å². The number of pyridine rings is 1. The number of hydrogen-bond acceptors (Lipinski definition) is 7. The van der Waals surface area contributed by atoms with Gasteiger partial charge in [-0.15, -0.1) is 0 Å². The molecule has 0 saturated carbocycles. The van der Waals surface area contributed by atoms with Crippen LogP contribution in [0.2, 0.25) is 0 Å². The molecule has 0 spiro atoms. The molecular formula is C17H28F3N3O6S. The summed E-state index contributed by atoms with van der Waals surface area (Å²) in [5, 5.41) is 2.71. The van der Waals surface area contributed by atoms with Crippen LogP contribution in [-0.2, 0) is 14.9 Å². The van der Waals surface area contributed by atoms with Gasteiger partial charge in [0.05, 0.1) is 27.7 Å². The molecule has 9 nitrogen and oxygen atoms in total. The third-order valence-corrected chi connectivity index (χ3v) is 3.48. The van der Waals surface area contributed by atoms with Gasteiger partial charge in [0, 0.05) is 12.7 Å². The summed E-state index contributed by atoms with van der Waals surface area (Å²) in [5.41, 5.74) is -6.12. The minimum absolute atomic E-state index is 0.402. The Hall–Kier alpha value is -2.12. The molecule has 0 radical (unpaired) electrons. The first kappa shape index (κ1) is 27.9. The van der Waals surface area contributed by atoms with E-state index in [0.717, 1.165) is 11.6 Å². The molecule has 0 aromatic carbocycles. The van der Waals surface area contributed by atoms with E-state index in [0.29, 0.717) is 24.1 Å². The van der Waals surface area contributed by atoms with Crippen molar-refractivity contribution in [1.29, 1.82) is 0 Å². The second-order valence-corrected chi connectivity index (χ2v) is 9.24. The third kappa shape index (κ3) is 11.8. The van der Waals surface area contributed by atoms with Crippen molar-refractivity contribution < 1.29 is 40.4 Å². The van der Waals surface area contributed by atoms with Gasteiger partial charge in [-0.25, -0.2) is 18.2 Å². The van der Waals surface area contributed by atoms with Crippen LogP contribution in [0.5, 0.6) is 5.75 Å². The second-order valence-electron chi connectivity index (χ2n) is 7.87. The lowest BCUT2D eigenvalue weighted by Gasteiger charge is -2.23. The molecule has 1 rings (SSSR count). The number of hydrogen-bond donors (Lipinski definition) is 1. The van der Waals surface area contributed by atoms with E-state index in [-0.39, 0.29) is 0 Å². The van der Waals surface area contributed by atoms with Crippen LogP contribution in [0, 0.1) is 0 Å². The summed E-state index contributed by atoms with van der Waals surface area (Å²) in [7, 11) is 0.0325. The monoisotopic (exact) mass is 459 g/mol. The maximum absolute atomic E-state index is 11.5. The molecule has 0 aliphatic rings. The van der Waals surface area contributed by atoms with Gasteiger partial charge in [-0.1, -0.05) is 0 Å². The van der Waals surface area contributed by atoms with E-state index >= 15 is 0 Å². The third-order valence-electron chi connectivity index (χ3n) is 2.92. The first-order valence-corrected chi connectivity index (χ1v) is 10.1. The largest absolute Gasteiger partial charge is 0.741 e. The van der Waals surface area contributed by atoms with E-state index < -0.39 is 27.3 Å². The number of nitrogens with one attached hydrogen (secondary N) is 1. The van der Waals surface area contributed by atoms with Crippen molar-refractivity contribution in [1.82, 2.24) is 14.8 Å². The van der Waals surface area contributed by atoms with Gasteiger partial charge in [-0.3, -0.25) is 4.48 Å². The predicted octanol–water partition coefficient (Wildman–Crippen LogP) is 2.62. The molecule has 1 aromatic rings. The Bertz CT molecular complexity index is 787. The van der Waals surface area contributed by atoms with Crippen LogP contribution in [0.4, 0.5) is 23.8 Å². The number of aromatic nitrogens is 1. The summed E-state index contributed by atoms with van der Waals surface area (Å²) < 4.78 is 70.4. The summed E-state index contributed by atoms with van der Waals surface area (Å²) >= 11 is 0. The normalized spacial score (nSPS) is 12.5. The van der Waals surface area contributed by atoms with Crippen molar-refractivity contribution in [2.45, 2.75) is 38.3 Å². The molecule has 0 saturated heterocycles. The first-order valence-electron chi connectivity index (χ1n) is 8.73. The summed E-state index contributed by atoms with van der Waals surface area (Å²) in [5.74, 6) is 1.65. The van der Waals surface area contributed by atoms with E-state index in [2.05, 4.69) is 10.3 Å². The summed E-state index contributed by atoms with van der Waals surface area (Å²) in [6.45, 7) is 6.53. The van der Waals surface area contributed by atoms with Gasteiger partial charge < -0.3 is 19.3 Å². The topological polar surface area (TPSA) is 118 Å². The van der Waals surface area contributed by atoms with Gasteiger partial charge in [0.15, 0.2) is 10.1 Å². The highest BCUT2D eigenvalue weighted by molar-refractivity contribution is 7.86. The number of carbonyl (C=O) groups is 1. The van der Waals surface area contributed by atoms with Gasteiger partial charge in [0.1, 0.15) is 5.60 Å². The van der Waals surface area contributed by atoms with Gasteiger partial charge in [0.2, 0.25) is 5.75 Å². The zero-order chi connectivity index (χ0) is 23.8. The number of amides is 1. The molecule has 30 heavy (non-hydrogen) atoms. The molecule has 174 valence electrons. The minimum atomic E-state index is -6.09. The maximum Gasteiger partial charge on any atom is 0.485 e. The Morgan fingerprint density at radius 2 is 1.77 bits per heavy atom. The number of ether oxygens (including phenoxy) is 2. The smallest absolute Gasteiger partial charge is 0.485 e. The van der Waals surface area contributed by atoms with Crippen LogP contribution in [0.25, 0.3) is 0 Å². The molecule has 0 aliphatic carbocycles. The van der Waals surface area contributed by atoms with E-state index in [9.17, 15) is 18.0 Å². The van der Waals surface area contributed by atoms with E-state index in [1.54, 1.807) is 6.20 Å². The van der Waals surface area contributed by atoms with E-state index in [4.69, 9.17) is 22.4 Å². The lowest BCUT2D eigenvalue weighted by molar-refractivity contribution is -0.0517. The standard InChI is InChI=1S/C16H27N3O3.CHF3O3S/c1-16(2,3)22-15(20)18-11-8-12-21-13-9-7-10-17-14(13)19(4,5)6;2-1(3,4)8(5,6)7/h7,9-10H,8,11-12H2,1-6H3;(H,5,6,7). The molecule has 0 unspecified atom stereocenters. The van der Waals surface area contributed by atoms with E-state index in [1.165, 1.54) is 0 Å². The van der Waals surface area contributed by atoms with Crippen molar-refractivity contribution in [3.05, 3.63) is 18.3 Å². The zero-order valence-corrected chi connectivity index (χ0v) is 18.6. The van der Waals surface area contributed by atoms with Gasteiger partial charge >= 0.3 is 11.6 Å². The highest BCUT2D eigenvalue weighted by atomic mass is 32.2. The van der Waals surface area contributed by atoms with Crippen molar-refractivity contribution in [2.75, 3.05) is 34.3 Å². The number of alkyl halides is 3. The van der Waals surface area contributed by atoms with E-state index in [1.807, 2.05) is 54.0 Å².